The van der Waals surface area contributed by atoms with E-state index < -0.39 is 23.1 Å². The summed E-state index contributed by atoms with van der Waals surface area (Å²) in [4.78, 5) is 24.2. The van der Waals surface area contributed by atoms with Crippen molar-refractivity contribution in [3.8, 4) is 5.69 Å². The van der Waals surface area contributed by atoms with Gasteiger partial charge in [-0.1, -0.05) is 11.6 Å². The van der Waals surface area contributed by atoms with E-state index in [1.807, 2.05) is 0 Å². The molecule has 2 aromatic rings. The molecule has 0 aliphatic rings. The summed E-state index contributed by atoms with van der Waals surface area (Å²) in [6.45, 7) is 3.29. The topological polar surface area (TPSA) is 44.0 Å². The highest BCUT2D eigenvalue weighted by Gasteiger charge is 2.35. The van der Waals surface area contributed by atoms with Gasteiger partial charge in [-0.3, -0.25) is 9.36 Å². The van der Waals surface area contributed by atoms with E-state index in [2.05, 4.69) is 0 Å². The van der Waals surface area contributed by atoms with Crippen molar-refractivity contribution in [2.45, 2.75) is 20.0 Å². The van der Waals surface area contributed by atoms with Crippen LogP contribution in [0.4, 0.5) is 13.2 Å². The Labute approximate surface area is 128 Å². The van der Waals surface area contributed by atoms with Gasteiger partial charge in [0.25, 0.3) is 5.56 Å². The summed E-state index contributed by atoms with van der Waals surface area (Å²) in [5.41, 5.74) is -2.07. The summed E-state index contributed by atoms with van der Waals surface area (Å²) in [6.07, 6.45) is -4.78. The molecular formula is C14H12ClF3N2O2. The van der Waals surface area contributed by atoms with E-state index in [0.29, 0.717) is 31.4 Å². The minimum atomic E-state index is -4.78. The molecule has 22 heavy (non-hydrogen) atoms. The first-order chi connectivity index (χ1) is 10.0. The van der Waals surface area contributed by atoms with E-state index in [-0.39, 0.29) is 5.69 Å². The SMILES string of the molecule is Cc1cc(-n2c(=O)cc(C(F)(F)F)n(C)c2=O)c(C)cc1Cl. The molecule has 0 radical (unpaired) electrons. The van der Waals surface area contributed by atoms with Gasteiger partial charge in [-0.15, -0.1) is 0 Å². The molecule has 1 aromatic carbocycles. The molecule has 0 aliphatic carbocycles. The molecule has 0 bridgehead atoms. The number of benzene rings is 1. The van der Waals surface area contributed by atoms with E-state index in [0.717, 1.165) is 7.05 Å². The lowest BCUT2D eigenvalue weighted by Crippen LogP contribution is -2.41. The fraction of sp³-hybridized carbons (Fsp3) is 0.286. The van der Waals surface area contributed by atoms with Crippen molar-refractivity contribution in [1.29, 1.82) is 0 Å². The first-order valence-electron chi connectivity index (χ1n) is 6.21. The number of nitrogens with zero attached hydrogens (tertiary/aromatic N) is 2. The Bertz CT molecular complexity index is 866. The van der Waals surface area contributed by atoms with Crippen molar-refractivity contribution in [2.24, 2.45) is 7.05 Å². The lowest BCUT2D eigenvalue weighted by molar-refractivity contribution is -0.144. The average Bonchev–Trinajstić information content (AvgIpc) is 2.38. The maximum Gasteiger partial charge on any atom is 0.431 e. The Morgan fingerprint density at radius 1 is 1.05 bits per heavy atom. The van der Waals surface area contributed by atoms with Crippen molar-refractivity contribution in [3.05, 3.63) is 60.9 Å². The van der Waals surface area contributed by atoms with Crippen LogP contribution in [0, 0.1) is 13.8 Å². The van der Waals surface area contributed by atoms with Gasteiger partial charge in [0, 0.05) is 18.1 Å². The molecule has 0 saturated heterocycles. The summed E-state index contributed by atoms with van der Waals surface area (Å²) in [6, 6.07) is 3.45. The molecule has 1 aromatic heterocycles. The molecule has 0 aliphatic heterocycles. The summed E-state index contributed by atoms with van der Waals surface area (Å²) in [5.74, 6) is 0. The Hall–Kier alpha value is -2.02. The van der Waals surface area contributed by atoms with Crippen molar-refractivity contribution in [1.82, 2.24) is 9.13 Å². The van der Waals surface area contributed by atoms with Gasteiger partial charge in [0.2, 0.25) is 0 Å². The number of aromatic nitrogens is 2. The maximum absolute atomic E-state index is 12.8. The highest BCUT2D eigenvalue weighted by atomic mass is 35.5. The molecule has 2 rings (SSSR count). The van der Waals surface area contributed by atoms with Crippen molar-refractivity contribution in [2.75, 3.05) is 0 Å². The molecule has 0 unspecified atom stereocenters. The van der Waals surface area contributed by atoms with Crippen molar-refractivity contribution in [3.63, 3.8) is 0 Å². The largest absolute Gasteiger partial charge is 0.431 e. The van der Waals surface area contributed by atoms with Crippen LogP contribution >= 0.6 is 11.6 Å². The smallest absolute Gasteiger partial charge is 0.292 e. The molecule has 1 heterocycles. The number of hydrogen-bond acceptors (Lipinski definition) is 2. The van der Waals surface area contributed by atoms with E-state index >= 15 is 0 Å². The fourth-order valence-corrected chi connectivity index (χ4v) is 2.34. The number of aryl methyl sites for hydroxylation is 2. The normalized spacial score (nSPS) is 11.8. The van der Waals surface area contributed by atoms with Gasteiger partial charge in [-0.05, 0) is 37.1 Å². The standard InChI is InChI=1S/C14H12ClF3N2O2/c1-7-5-10(8(2)4-9(7)15)20-12(21)6-11(14(16,17)18)19(3)13(20)22/h4-6H,1-3H3. The maximum atomic E-state index is 12.8. The molecule has 0 N–H and O–H groups in total. The molecule has 0 saturated carbocycles. The average molecular weight is 333 g/mol. The third-order valence-electron chi connectivity index (χ3n) is 3.33. The van der Waals surface area contributed by atoms with E-state index in [1.165, 1.54) is 6.07 Å². The Morgan fingerprint density at radius 2 is 1.64 bits per heavy atom. The van der Waals surface area contributed by atoms with Gasteiger partial charge in [0.1, 0.15) is 5.69 Å². The Balaban J connectivity index is 2.85. The Kier molecular flexibility index (Phi) is 3.95. The molecule has 0 atom stereocenters. The highest BCUT2D eigenvalue weighted by Crippen LogP contribution is 2.27. The molecule has 4 nitrogen and oxygen atoms in total. The predicted octanol–water partition coefficient (Wildman–Crippen LogP) is 2.83. The van der Waals surface area contributed by atoms with Gasteiger partial charge in [-0.2, -0.15) is 13.2 Å². The summed E-state index contributed by atoms with van der Waals surface area (Å²) in [5, 5.41) is 0.443. The number of rotatable bonds is 1. The van der Waals surface area contributed by atoms with Crippen LogP contribution in [-0.4, -0.2) is 9.13 Å². The minimum Gasteiger partial charge on any atom is -0.292 e. The zero-order valence-electron chi connectivity index (χ0n) is 12.0. The van der Waals surface area contributed by atoms with Crippen molar-refractivity contribution >= 4 is 11.6 Å². The quantitative estimate of drug-likeness (QED) is 0.806. The molecule has 0 spiro atoms. The second-order valence-corrected chi connectivity index (χ2v) is 5.34. The van der Waals surface area contributed by atoms with Crippen molar-refractivity contribution < 1.29 is 13.2 Å². The number of hydrogen-bond donors (Lipinski definition) is 0. The molecular weight excluding hydrogens is 321 g/mol. The summed E-state index contributed by atoms with van der Waals surface area (Å²) >= 11 is 5.95. The van der Waals surface area contributed by atoms with E-state index in [4.69, 9.17) is 11.6 Å². The predicted molar refractivity (Wildman–Crippen MR) is 76.8 cm³/mol. The molecule has 8 heteroatoms. The van der Waals surface area contributed by atoms with Crippen LogP contribution in [0.5, 0.6) is 0 Å². The lowest BCUT2D eigenvalue weighted by atomic mass is 10.1. The molecule has 0 amide bonds. The van der Waals surface area contributed by atoms with Crippen LogP contribution in [0.1, 0.15) is 16.8 Å². The highest BCUT2D eigenvalue weighted by molar-refractivity contribution is 6.31. The number of alkyl halides is 3. The van der Waals surface area contributed by atoms with Crippen LogP contribution in [0.15, 0.2) is 27.8 Å². The van der Waals surface area contributed by atoms with Crippen LogP contribution in [0.3, 0.4) is 0 Å². The fourth-order valence-electron chi connectivity index (χ4n) is 2.13. The van der Waals surface area contributed by atoms with Gasteiger partial charge in [-0.25, -0.2) is 9.36 Å². The first kappa shape index (κ1) is 16.4. The van der Waals surface area contributed by atoms with Gasteiger partial charge in [0.15, 0.2) is 0 Å². The molecule has 118 valence electrons. The third kappa shape index (κ3) is 2.68. The van der Waals surface area contributed by atoms with E-state index in [1.54, 1.807) is 19.9 Å². The zero-order chi connectivity index (χ0) is 16.8. The lowest BCUT2D eigenvalue weighted by Gasteiger charge is -2.15. The van der Waals surface area contributed by atoms with E-state index in [9.17, 15) is 22.8 Å². The summed E-state index contributed by atoms with van der Waals surface area (Å²) < 4.78 is 39.6. The first-order valence-corrected chi connectivity index (χ1v) is 6.59. The number of halogens is 4. The van der Waals surface area contributed by atoms with Gasteiger partial charge < -0.3 is 0 Å². The van der Waals surface area contributed by atoms with Crippen LogP contribution in [-0.2, 0) is 13.2 Å². The second kappa shape index (κ2) is 5.31. The molecule has 0 fully saturated rings. The monoisotopic (exact) mass is 332 g/mol. The van der Waals surface area contributed by atoms with Crippen LogP contribution in [0.2, 0.25) is 5.02 Å². The second-order valence-electron chi connectivity index (χ2n) is 4.93. The van der Waals surface area contributed by atoms with Crippen LogP contribution < -0.4 is 11.2 Å². The summed E-state index contributed by atoms with van der Waals surface area (Å²) in [7, 11) is 0.971. The zero-order valence-corrected chi connectivity index (χ0v) is 12.7. The third-order valence-corrected chi connectivity index (χ3v) is 3.74. The van der Waals surface area contributed by atoms with Crippen LogP contribution in [0.25, 0.3) is 5.69 Å². The van der Waals surface area contributed by atoms with Gasteiger partial charge in [0.05, 0.1) is 5.69 Å². The van der Waals surface area contributed by atoms with Gasteiger partial charge >= 0.3 is 11.9 Å². The Morgan fingerprint density at radius 3 is 2.18 bits per heavy atom. The minimum absolute atomic E-state index is 0.209.